The Hall–Kier alpha value is -2.30. The van der Waals surface area contributed by atoms with Crippen molar-refractivity contribution in [2.45, 2.75) is 167 Å². The molecule has 0 aromatic rings. The number of rotatable bonds is 8. The lowest BCUT2D eigenvalue weighted by Crippen LogP contribution is -2.67. The van der Waals surface area contributed by atoms with Crippen LogP contribution in [0.2, 0.25) is 0 Å². The Bertz CT molecular complexity index is 1710. The SMILES string of the molecule is CNC1C(O)C(CCOC2C(N)CC3N=CC4=CCC(N)C(COCC5C(CC(N)C(OC6OCC(C)(O)C(NC)C6O)C5O)N=CC5=CCC(N)C(COCC3C2O)O5)O4)OCC1(C)O. The molecule has 66 heavy (non-hydrogen) atoms. The Morgan fingerprint density at radius 3 is 1.68 bits per heavy atom. The van der Waals surface area contributed by atoms with Gasteiger partial charge in [-0.25, -0.2) is 0 Å². The smallest absolute Gasteiger partial charge is 0.185 e. The summed E-state index contributed by atoms with van der Waals surface area (Å²) in [6, 6.07) is -4.55. The van der Waals surface area contributed by atoms with Crippen LogP contribution >= 0.6 is 0 Å². The summed E-state index contributed by atoms with van der Waals surface area (Å²) in [6.07, 6.45) is -0.469. The van der Waals surface area contributed by atoms with Gasteiger partial charge in [-0.1, -0.05) is 0 Å². The maximum absolute atomic E-state index is 11.9. The van der Waals surface area contributed by atoms with Crippen molar-refractivity contribution in [3.8, 4) is 0 Å². The van der Waals surface area contributed by atoms with Crippen molar-refractivity contribution in [3.63, 3.8) is 0 Å². The fourth-order valence-corrected chi connectivity index (χ4v) is 10.5. The van der Waals surface area contributed by atoms with E-state index in [1.54, 1.807) is 40.4 Å². The minimum Gasteiger partial charge on any atom is -0.485 e. The van der Waals surface area contributed by atoms with E-state index in [0.29, 0.717) is 37.2 Å². The number of allylic oxidation sites excluding steroid dienone is 2. The standard InChI is InChI=1S/C44H76N8O14/c1-43(57)19-62-31(36(55)40(43)49-3)9-10-61-38-27(47)11-29-23(34(38)53)15-59-17-32-25(45)8-6-22(65-32)14-52-30-12-28(48)39(66-42-37(56)41(50-4)44(2,58)20-63-42)35(54)24(30)16-60-18-33-26(46)7-5-21(64-33)13-51-29/h5-6,13-14,23-42,49-50,53-58H,7-12,15-20,45-48H2,1-4H3. The number of likely N-dealkylation sites (N-methyl/N-ethyl adjacent to an activating group) is 2. The average Bonchev–Trinajstić information content (AvgIpc) is 3.26. The Morgan fingerprint density at radius 1 is 0.667 bits per heavy atom. The highest BCUT2D eigenvalue weighted by Gasteiger charge is 2.51. The molecular formula is C44H76N8O14. The predicted molar refractivity (Wildman–Crippen MR) is 239 cm³/mol. The number of ether oxygens (including phenoxy) is 8. The minimum absolute atomic E-state index is 0.0221. The molecule has 0 amide bonds. The van der Waals surface area contributed by atoms with Gasteiger partial charge in [0.1, 0.15) is 47.1 Å². The molecule has 2 aliphatic carbocycles. The fraction of sp³-hybridized carbons (Fsp3) is 0.864. The summed E-state index contributed by atoms with van der Waals surface area (Å²) < 4.78 is 49.2. The second-order valence-electron chi connectivity index (χ2n) is 19.7. The van der Waals surface area contributed by atoms with Gasteiger partial charge < -0.3 is 102 Å². The lowest BCUT2D eigenvalue weighted by atomic mass is 9.78. The highest BCUT2D eigenvalue weighted by molar-refractivity contribution is 5.77. The molecule has 22 unspecified atom stereocenters. The summed E-state index contributed by atoms with van der Waals surface area (Å²) in [4.78, 5) is 9.77. The summed E-state index contributed by atoms with van der Waals surface area (Å²) in [5.41, 5.74) is 23.8. The van der Waals surface area contributed by atoms with Gasteiger partial charge in [-0.2, -0.15) is 0 Å². The summed E-state index contributed by atoms with van der Waals surface area (Å²) in [5.74, 6) is -0.263. The summed E-state index contributed by atoms with van der Waals surface area (Å²) in [6.45, 7) is 3.46. The van der Waals surface area contributed by atoms with Crippen LogP contribution in [-0.2, 0) is 37.9 Å². The van der Waals surface area contributed by atoms with Gasteiger partial charge in [-0.05, 0) is 72.2 Å². The third-order valence-electron chi connectivity index (χ3n) is 14.5. The molecular weight excluding hydrogens is 865 g/mol. The molecule has 0 aromatic carbocycles. The normalized spacial score (nSPS) is 48.4. The van der Waals surface area contributed by atoms with E-state index in [1.807, 2.05) is 12.2 Å². The molecule has 4 bridgehead atoms. The van der Waals surface area contributed by atoms with Gasteiger partial charge in [0.15, 0.2) is 6.29 Å². The molecule has 5 heterocycles. The number of hydrogen-bond acceptors (Lipinski definition) is 22. The molecule has 0 aromatic heterocycles. The number of aliphatic imine (C=N–C) groups is 2. The van der Waals surface area contributed by atoms with Gasteiger partial charge in [0, 0.05) is 42.6 Å². The molecule has 22 nitrogen and oxygen atoms in total. The van der Waals surface area contributed by atoms with Crippen LogP contribution in [0.3, 0.4) is 0 Å². The Morgan fingerprint density at radius 2 is 1.15 bits per heavy atom. The maximum atomic E-state index is 11.9. The number of fused-ring (bicyclic) bond motifs is 6. The minimum atomic E-state index is -1.36. The first-order chi connectivity index (χ1) is 31.4. The van der Waals surface area contributed by atoms with Gasteiger partial charge in [-0.15, -0.1) is 0 Å². The first kappa shape index (κ1) is 51.5. The van der Waals surface area contributed by atoms with Crippen molar-refractivity contribution in [1.82, 2.24) is 10.6 Å². The van der Waals surface area contributed by atoms with Gasteiger partial charge >= 0.3 is 0 Å². The van der Waals surface area contributed by atoms with Gasteiger partial charge in [-0.3, -0.25) is 9.98 Å². The van der Waals surface area contributed by atoms with E-state index in [1.165, 1.54) is 0 Å². The number of hydrogen-bond donors (Lipinski definition) is 12. The molecule has 16 N–H and O–H groups in total. The lowest BCUT2D eigenvalue weighted by Gasteiger charge is -2.47. The van der Waals surface area contributed by atoms with Crippen molar-refractivity contribution < 1.29 is 68.5 Å². The second kappa shape index (κ2) is 22.2. The van der Waals surface area contributed by atoms with E-state index in [-0.39, 0.29) is 52.7 Å². The van der Waals surface area contributed by atoms with Crippen LogP contribution in [0.5, 0.6) is 0 Å². The Kier molecular flexibility index (Phi) is 17.3. The summed E-state index contributed by atoms with van der Waals surface area (Å²) >= 11 is 0. The van der Waals surface area contributed by atoms with Crippen LogP contribution in [-0.4, -0.2) is 224 Å². The van der Waals surface area contributed by atoms with E-state index in [0.717, 1.165) is 0 Å². The zero-order valence-electron chi connectivity index (χ0n) is 38.5. The fourth-order valence-electron chi connectivity index (χ4n) is 10.5. The number of aliphatic hydroxyl groups excluding tert-OH is 4. The summed E-state index contributed by atoms with van der Waals surface area (Å²) in [5, 5.41) is 73.3. The molecule has 22 atom stereocenters. The van der Waals surface area contributed by atoms with E-state index in [9.17, 15) is 30.6 Å². The van der Waals surface area contributed by atoms with E-state index in [2.05, 4.69) is 10.6 Å². The largest absolute Gasteiger partial charge is 0.485 e. The molecule has 7 aliphatic rings. The molecule has 7 rings (SSSR count). The van der Waals surface area contributed by atoms with Crippen molar-refractivity contribution in [2.24, 2.45) is 44.8 Å². The van der Waals surface area contributed by atoms with Crippen LogP contribution in [0.25, 0.3) is 0 Å². The van der Waals surface area contributed by atoms with Crippen LogP contribution in [0.15, 0.2) is 33.7 Å². The maximum Gasteiger partial charge on any atom is 0.185 e. The zero-order chi connectivity index (χ0) is 47.5. The van der Waals surface area contributed by atoms with Crippen molar-refractivity contribution in [3.05, 3.63) is 23.7 Å². The zero-order valence-corrected chi connectivity index (χ0v) is 38.5. The van der Waals surface area contributed by atoms with Crippen molar-refractivity contribution in [1.29, 1.82) is 0 Å². The van der Waals surface area contributed by atoms with Crippen molar-refractivity contribution >= 4 is 12.4 Å². The molecule has 4 fully saturated rings. The number of nitrogens with zero attached hydrogens (tertiary/aromatic N) is 2. The van der Waals surface area contributed by atoms with E-state index in [4.69, 9.17) is 70.8 Å². The molecule has 0 spiro atoms. The molecule has 22 heteroatoms. The number of nitrogens with two attached hydrogens (primary N) is 4. The topological polar surface area (TPSA) is 348 Å². The third-order valence-corrected chi connectivity index (χ3v) is 14.5. The van der Waals surface area contributed by atoms with Gasteiger partial charge in [0.25, 0.3) is 0 Å². The molecule has 5 aliphatic heterocycles. The Balaban J connectivity index is 1.06. The third kappa shape index (κ3) is 11.6. The summed E-state index contributed by atoms with van der Waals surface area (Å²) in [7, 11) is 3.30. The van der Waals surface area contributed by atoms with Crippen LogP contribution in [0.1, 0.15) is 46.0 Å². The second-order valence-corrected chi connectivity index (χ2v) is 19.7. The molecule has 2 saturated carbocycles. The van der Waals surface area contributed by atoms with E-state index >= 15 is 0 Å². The Labute approximate surface area is 386 Å². The highest BCUT2D eigenvalue weighted by Crippen LogP contribution is 2.35. The lowest BCUT2D eigenvalue weighted by molar-refractivity contribution is -0.295. The van der Waals surface area contributed by atoms with E-state index < -0.39 is 133 Å². The highest BCUT2D eigenvalue weighted by atomic mass is 16.7. The number of nitrogens with one attached hydrogen (secondary N) is 2. The van der Waals surface area contributed by atoms with Crippen LogP contribution < -0.4 is 33.6 Å². The predicted octanol–water partition coefficient (Wildman–Crippen LogP) is -4.36. The quantitative estimate of drug-likeness (QED) is 0.109. The first-order valence-corrected chi connectivity index (χ1v) is 23.4. The molecule has 0 radical (unpaired) electrons. The monoisotopic (exact) mass is 941 g/mol. The van der Waals surface area contributed by atoms with Crippen LogP contribution in [0.4, 0.5) is 0 Å². The first-order valence-electron chi connectivity index (χ1n) is 23.4. The van der Waals surface area contributed by atoms with Gasteiger partial charge in [0.05, 0.1) is 107 Å². The number of aliphatic hydroxyl groups is 6. The molecule has 376 valence electrons. The molecule has 2 saturated heterocycles. The van der Waals surface area contributed by atoms with Gasteiger partial charge in [0.2, 0.25) is 0 Å². The van der Waals surface area contributed by atoms with Crippen LogP contribution in [0, 0.1) is 11.8 Å². The average molecular weight is 941 g/mol. The van der Waals surface area contributed by atoms with Crippen molar-refractivity contribution in [2.75, 3.05) is 60.3 Å².